The molecule has 0 unspecified atom stereocenters. The third-order valence-corrected chi connectivity index (χ3v) is 5.07. The summed E-state index contributed by atoms with van der Waals surface area (Å²) in [6, 6.07) is 14.8. The summed E-state index contributed by atoms with van der Waals surface area (Å²) in [6.07, 6.45) is 0.244. The van der Waals surface area contributed by atoms with Crippen molar-refractivity contribution in [3.63, 3.8) is 0 Å². The van der Waals surface area contributed by atoms with Gasteiger partial charge in [0.15, 0.2) is 10.6 Å². The zero-order valence-electron chi connectivity index (χ0n) is 18.2. The molecule has 0 bridgehead atoms. The minimum atomic E-state index is -0.128. The second-order valence-electron chi connectivity index (χ2n) is 7.05. The van der Waals surface area contributed by atoms with Crippen molar-refractivity contribution in [1.82, 2.24) is 25.4 Å². The van der Waals surface area contributed by atoms with Crippen LogP contribution in [0.2, 0.25) is 0 Å². The number of hydrogen-bond acceptors (Lipinski definition) is 5. The zero-order chi connectivity index (χ0) is 22.9. The van der Waals surface area contributed by atoms with Crippen molar-refractivity contribution < 1.29 is 14.3 Å². The average molecular weight is 454 g/mol. The molecule has 0 saturated heterocycles. The monoisotopic (exact) mass is 453 g/mol. The Morgan fingerprint density at radius 3 is 2.62 bits per heavy atom. The van der Waals surface area contributed by atoms with Crippen LogP contribution >= 0.6 is 12.2 Å². The van der Waals surface area contributed by atoms with Gasteiger partial charge in [0.05, 0.1) is 6.61 Å². The first-order valence-corrected chi connectivity index (χ1v) is 10.9. The first-order chi connectivity index (χ1) is 15.5. The average Bonchev–Trinajstić information content (AvgIpc) is 3.17. The van der Waals surface area contributed by atoms with E-state index in [4.69, 9.17) is 17.0 Å². The van der Waals surface area contributed by atoms with Gasteiger partial charge in [0, 0.05) is 37.2 Å². The molecule has 8 nitrogen and oxygen atoms in total. The van der Waals surface area contributed by atoms with E-state index in [9.17, 15) is 9.59 Å². The lowest BCUT2D eigenvalue weighted by atomic mass is 10.1. The lowest BCUT2D eigenvalue weighted by molar-refractivity contribution is -0.121. The number of carbonyl (C=O) groups is 2. The van der Waals surface area contributed by atoms with E-state index < -0.39 is 0 Å². The molecule has 3 aromatic rings. The number of aromatic amines is 1. The Morgan fingerprint density at radius 2 is 1.91 bits per heavy atom. The Bertz CT molecular complexity index is 1120. The summed E-state index contributed by atoms with van der Waals surface area (Å²) >= 11 is 5.34. The minimum Gasteiger partial charge on any atom is -0.494 e. The standard InChI is InChI=1S/C23H27N5O3S/c1-3-24-22(30)18-7-5-6-16(14-18)15-25-20(29)12-13-28-21(26-27-23(28)32)17-8-10-19(11-9-17)31-4-2/h5-11,14H,3-4,12-13,15H2,1-2H3,(H,24,30)(H,25,29)(H,27,32). The highest BCUT2D eigenvalue weighted by molar-refractivity contribution is 7.71. The molecule has 0 aliphatic carbocycles. The number of benzene rings is 2. The maximum Gasteiger partial charge on any atom is 0.251 e. The molecule has 3 rings (SSSR count). The van der Waals surface area contributed by atoms with Gasteiger partial charge in [-0.05, 0) is 68.0 Å². The Labute approximate surface area is 192 Å². The maximum atomic E-state index is 12.4. The van der Waals surface area contributed by atoms with Crippen LogP contribution in [-0.2, 0) is 17.9 Å². The van der Waals surface area contributed by atoms with E-state index >= 15 is 0 Å². The van der Waals surface area contributed by atoms with Gasteiger partial charge >= 0.3 is 0 Å². The van der Waals surface area contributed by atoms with Gasteiger partial charge in [0.25, 0.3) is 5.91 Å². The molecule has 1 aromatic heterocycles. The zero-order valence-corrected chi connectivity index (χ0v) is 19.0. The van der Waals surface area contributed by atoms with Crippen molar-refractivity contribution in [1.29, 1.82) is 0 Å². The van der Waals surface area contributed by atoms with Crippen LogP contribution in [0.1, 0.15) is 36.2 Å². The Hall–Kier alpha value is -3.46. The van der Waals surface area contributed by atoms with Gasteiger partial charge < -0.3 is 15.4 Å². The molecule has 3 N–H and O–H groups in total. The quantitative estimate of drug-likeness (QED) is 0.408. The first kappa shape index (κ1) is 23.2. The highest BCUT2D eigenvalue weighted by atomic mass is 32.1. The van der Waals surface area contributed by atoms with E-state index in [1.165, 1.54) is 0 Å². The molecule has 0 atom stereocenters. The highest BCUT2D eigenvalue weighted by Crippen LogP contribution is 2.21. The first-order valence-electron chi connectivity index (χ1n) is 10.5. The number of ether oxygens (including phenoxy) is 1. The lowest BCUT2D eigenvalue weighted by Gasteiger charge is -2.10. The molecular formula is C23H27N5O3S. The van der Waals surface area contributed by atoms with E-state index in [0.717, 1.165) is 16.9 Å². The number of hydrogen-bond donors (Lipinski definition) is 3. The number of nitrogens with one attached hydrogen (secondary N) is 3. The fourth-order valence-corrected chi connectivity index (χ4v) is 3.42. The fourth-order valence-electron chi connectivity index (χ4n) is 3.20. The summed E-state index contributed by atoms with van der Waals surface area (Å²) in [5.41, 5.74) is 2.31. The predicted octanol–water partition coefficient (Wildman–Crippen LogP) is 3.46. The number of amides is 2. The van der Waals surface area contributed by atoms with Gasteiger partial charge in [0.1, 0.15) is 5.75 Å². The molecule has 32 heavy (non-hydrogen) atoms. The van der Waals surface area contributed by atoms with E-state index in [0.29, 0.717) is 42.4 Å². The summed E-state index contributed by atoms with van der Waals surface area (Å²) < 4.78 is 7.74. The van der Waals surface area contributed by atoms with E-state index in [2.05, 4.69) is 20.8 Å². The van der Waals surface area contributed by atoms with Gasteiger partial charge in [-0.3, -0.25) is 19.3 Å². The molecule has 2 aromatic carbocycles. The normalized spacial score (nSPS) is 10.6. The summed E-state index contributed by atoms with van der Waals surface area (Å²) in [4.78, 5) is 24.4. The molecular weight excluding hydrogens is 426 g/mol. The maximum absolute atomic E-state index is 12.4. The lowest BCUT2D eigenvalue weighted by Crippen LogP contribution is -2.25. The summed E-state index contributed by atoms with van der Waals surface area (Å²) in [5, 5.41) is 12.8. The van der Waals surface area contributed by atoms with Crippen molar-refractivity contribution in [2.75, 3.05) is 13.2 Å². The van der Waals surface area contributed by atoms with Gasteiger partial charge in [-0.25, -0.2) is 0 Å². The van der Waals surface area contributed by atoms with Crippen LogP contribution in [0.4, 0.5) is 0 Å². The van der Waals surface area contributed by atoms with Crippen LogP contribution in [0.15, 0.2) is 48.5 Å². The van der Waals surface area contributed by atoms with Crippen molar-refractivity contribution in [3.8, 4) is 17.1 Å². The van der Waals surface area contributed by atoms with Crippen molar-refractivity contribution in [2.45, 2.75) is 33.4 Å². The highest BCUT2D eigenvalue weighted by Gasteiger charge is 2.11. The van der Waals surface area contributed by atoms with E-state index in [1.54, 1.807) is 22.8 Å². The van der Waals surface area contributed by atoms with E-state index in [1.807, 2.05) is 44.2 Å². The van der Waals surface area contributed by atoms with Crippen molar-refractivity contribution in [3.05, 3.63) is 64.4 Å². The molecule has 0 aliphatic heterocycles. The van der Waals surface area contributed by atoms with Gasteiger partial charge in [-0.15, -0.1) is 0 Å². The minimum absolute atomic E-state index is 0.117. The molecule has 0 saturated carbocycles. The van der Waals surface area contributed by atoms with Crippen LogP contribution in [0.5, 0.6) is 5.75 Å². The smallest absolute Gasteiger partial charge is 0.251 e. The molecule has 9 heteroatoms. The van der Waals surface area contributed by atoms with Crippen LogP contribution in [0.3, 0.4) is 0 Å². The summed E-state index contributed by atoms with van der Waals surface area (Å²) in [7, 11) is 0. The Balaban J connectivity index is 1.59. The number of aromatic nitrogens is 3. The number of nitrogens with zero attached hydrogens (tertiary/aromatic N) is 2. The molecule has 1 heterocycles. The summed E-state index contributed by atoms with van der Waals surface area (Å²) in [6.45, 7) is 5.70. The van der Waals surface area contributed by atoms with Gasteiger partial charge in [-0.1, -0.05) is 12.1 Å². The second kappa shape index (κ2) is 11.2. The van der Waals surface area contributed by atoms with Gasteiger partial charge in [-0.2, -0.15) is 5.10 Å². The SMILES string of the molecule is CCNC(=O)c1cccc(CNC(=O)CCn2c(-c3ccc(OCC)cc3)n[nH]c2=S)c1. The third-order valence-electron chi connectivity index (χ3n) is 4.76. The van der Waals surface area contributed by atoms with Crippen LogP contribution in [-0.4, -0.2) is 39.7 Å². The number of rotatable bonds is 10. The van der Waals surface area contributed by atoms with E-state index in [-0.39, 0.29) is 18.2 Å². The van der Waals surface area contributed by atoms with Crippen LogP contribution in [0.25, 0.3) is 11.4 Å². The van der Waals surface area contributed by atoms with Crippen LogP contribution < -0.4 is 15.4 Å². The predicted molar refractivity (Wildman–Crippen MR) is 125 cm³/mol. The van der Waals surface area contributed by atoms with Crippen LogP contribution in [0, 0.1) is 4.77 Å². The Morgan fingerprint density at radius 1 is 1.12 bits per heavy atom. The topological polar surface area (TPSA) is 101 Å². The third kappa shape index (κ3) is 6.04. The second-order valence-corrected chi connectivity index (χ2v) is 7.43. The largest absolute Gasteiger partial charge is 0.494 e. The molecule has 168 valence electrons. The molecule has 0 aliphatic rings. The fraction of sp³-hybridized carbons (Fsp3) is 0.304. The molecule has 0 radical (unpaired) electrons. The molecule has 0 fully saturated rings. The number of carbonyl (C=O) groups excluding carboxylic acids is 2. The Kier molecular flexibility index (Phi) is 8.15. The van der Waals surface area contributed by atoms with Crippen molar-refractivity contribution >= 4 is 24.0 Å². The van der Waals surface area contributed by atoms with Gasteiger partial charge in [0.2, 0.25) is 5.91 Å². The molecule has 2 amide bonds. The number of H-pyrrole nitrogens is 1. The molecule has 0 spiro atoms. The van der Waals surface area contributed by atoms with Crippen molar-refractivity contribution in [2.24, 2.45) is 0 Å². The summed E-state index contributed by atoms with van der Waals surface area (Å²) in [5.74, 6) is 1.21.